The molecule has 0 aliphatic rings. The van der Waals surface area contributed by atoms with E-state index < -0.39 is 0 Å². The lowest BCUT2D eigenvalue weighted by Crippen LogP contribution is -2.25. The van der Waals surface area contributed by atoms with E-state index in [0.29, 0.717) is 0 Å². The third kappa shape index (κ3) is 36.3. The Morgan fingerprint density at radius 2 is 0.425 bits per heavy atom. The summed E-state index contributed by atoms with van der Waals surface area (Å²) in [6, 6.07) is 0. The van der Waals surface area contributed by atoms with Crippen LogP contribution in [-0.4, -0.2) is 24.5 Å². The van der Waals surface area contributed by atoms with Gasteiger partial charge in [-0.2, -0.15) is 0 Å². The van der Waals surface area contributed by atoms with Crippen molar-refractivity contribution in [2.24, 2.45) is 0 Å². The van der Waals surface area contributed by atoms with Crippen LogP contribution < -0.4 is 0 Å². The SMILES string of the molecule is CCCCCCCCCCCCCCCCCCN(CC)CCCCCCCCCCCCCCCCCC.Cl. The number of hydrogen-bond acceptors (Lipinski definition) is 1. The van der Waals surface area contributed by atoms with Crippen LogP contribution in [0.2, 0.25) is 0 Å². The van der Waals surface area contributed by atoms with Crippen molar-refractivity contribution >= 4 is 12.4 Å². The molecule has 0 aliphatic heterocycles. The summed E-state index contributed by atoms with van der Waals surface area (Å²) in [5.41, 5.74) is 0. The van der Waals surface area contributed by atoms with Gasteiger partial charge in [0.1, 0.15) is 0 Å². The van der Waals surface area contributed by atoms with Crippen LogP contribution in [0.3, 0.4) is 0 Å². The number of nitrogens with zero attached hydrogens (tertiary/aromatic N) is 1. The normalized spacial score (nSPS) is 11.4. The Kier molecular flexibility index (Phi) is 41.6. The van der Waals surface area contributed by atoms with Gasteiger partial charge in [-0.3, -0.25) is 0 Å². The summed E-state index contributed by atoms with van der Waals surface area (Å²) >= 11 is 0. The first-order valence-corrected chi connectivity index (χ1v) is 19.1. The highest BCUT2D eigenvalue weighted by Gasteiger charge is 2.02. The highest BCUT2D eigenvalue weighted by Crippen LogP contribution is 2.15. The minimum Gasteiger partial charge on any atom is -0.304 e. The van der Waals surface area contributed by atoms with Crippen LogP contribution in [0, 0.1) is 0 Å². The number of unbranched alkanes of at least 4 members (excludes halogenated alkanes) is 30. The van der Waals surface area contributed by atoms with E-state index in [2.05, 4.69) is 25.7 Å². The number of halogens is 1. The molecular weight excluding hydrogens is 506 g/mol. The van der Waals surface area contributed by atoms with E-state index in [0.717, 1.165) is 0 Å². The zero-order valence-electron chi connectivity index (χ0n) is 28.6. The van der Waals surface area contributed by atoms with Gasteiger partial charge in [-0.15, -0.1) is 12.4 Å². The monoisotopic (exact) mass is 586 g/mol. The van der Waals surface area contributed by atoms with Gasteiger partial charge in [0.15, 0.2) is 0 Å². The average Bonchev–Trinajstić information content (AvgIpc) is 2.95. The molecule has 0 aliphatic carbocycles. The zero-order chi connectivity index (χ0) is 28.3. The lowest BCUT2D eigenvalue weighted by atomic mass is 10.0. The molecule has 0 aromatic carbocycles. The highest BCUT2D eigenvalue weighted by atomic mass is 35.5. The van der Waals surface area contributed by atoms with Gasteiger partial charge in [0.25, 0.3) is 0 Å². The van der Waals surface area contributed by atoms with Gasteiger partial charge in [-0.1, -0.05) is 213 Å². The van der Waals surface area contributed by atoms with Crippen molar-refractivity contribution in [1.29, 1.82) is 0 Å². The quantitative estimate of drug-likeness (QED) is 0.0668. The van der Waals surface area contributed by atoms with Gasteiger partial charge in [0.2, 0.25) is 0 Å². The molecule has 0 aromatic heterocycles. The molecule has 0 saturated heterocycles. The predicted octanol–water partition coefficient (Wildman–Crippen LogP) is 14.3. The average molecular weight is 587 g/mol. The van der Waals surface area contributed by atoms with E-state index in [1.807, 2.05) is 0 Å². The molecule has 1 nitrogen and oxygen atoms in total. The van der Waals surface area contributed by atoms with E-state index in [4.69, 9.17) is 0 Å². The molecule has 0 atom stereocenters. The molecule has 0 unspecified atom stereocenters. The lowest BCUT2D eigenvalue weighted by molar-refractivity contribution is 0.273. The summed E-state index contributed by atoms with van der Waals surface area (Å²) < 4.78 is 0. The maximum Gasteiger partial charge on any atom is -0.00189 e. The Bertz CT molecular complexity index is 376. The number of rotatable bonds is 35. The van der Waals surface area contributed by atoms with Gasteiger partial charge in [-0.05, 0) is 32.5 Å². The maximum atomic E-state index is 2.72. The Labute approximate surface area is 262 Å². The van der Waals surface area contributed by atoms with Crippen LogP contribution in [-0.2, 0) is 0 Å². The van der Waals surface area contributed by atoms with Crippen LogP contribution in [0.4, 0.5) is 0 Å². The second-order valence-electron chi connectivity index (χ2n) is 13.0. The molecule has 244 valence electrons. The van der Waals surface area contributed by atoms with Crippen LogP contribution in [0.5, 0.6) is 0 Å². The van der Waals surface area contributed by atoms with Gasteiger partial charge in [0, 0.05) is 0 Å². The third-order valence-corrected chi connectivity index (χ3v) is 9.10. The molecule has 0 radical (unpaired) electrons. The first-order chi connectivity index (χ1) is 19.3. The maximum absolute atomic E-state index is 2.72. The predicted molar refractivity (Wildman–Crippen MR) is 188 cm³/mol. The Morgan fingerprint density at radius 1 is 0.250 bits per heavy atom. The van der Waals surface area contributed by atoms with Gasteiger partial charge in [0.05, 0.1) is 0 Å². The first kappa shape index (κ1) is 42.4. The second-order valence-corrected chi connectivity index (χ2v) is 13.0. The topological polar surface area (TPSA) is 3.24 Å². The second kappa shape index (κ2) is 39.2. The summed E-state index contributed by atoms with van der Waals surface area (Å²) in [5.74, 6) is 0. The molecular formula is C38H80ClN. The van der Waals surface area contributed by atoms with E-state index in [1.54, 1.807) is 0 Å². The Balaban J connectivity index is 0. The molecule has 0 fully saturated rings. The van der Waals surface area contributed by atoms with E-state index in [1.165, 1.54) is 225 Å². The molecule has 2 heteroatoms. The van der Waals surface area contributed by atoms with Crippen LogP contribution >= 0.6 is 12.4 Å². The van der Waals surface area contributed by atoms with Crippen LogP contribution in [0.15, 0.2) is 0 Å². The van der Waals surface area contributed by atoms with Gasteiger partial charge in [-0.25, -0.2) is 0 Å². The minimum atomic E-state index is 0. The van der Waals surface area contributed by atoms with Crippen molar-refractivity contribution in [3.63, 3.8) is 0 Å². The smallest absolute Gasteiger partial charge is 0.00189 e. The summed E-state index contributed by atoms with van der Waals surface area (Å²) in [5, 5.41) is 0. The van der Waals surface area contributed by atoms with Crippen molar-refractivity contribution < 1.29 is 0 Å². The van der Waals surface area contributed by atoms with Crippen molar-refractivity contribution in [1.82, 2.24) is 4.90 Å². The first-order valence-electron chi connectivity index (χ1n) is 19.1. The fraction of sp³-hybridized carbons (Fsp3) is 1.00. The summed E-state index contributed by atoms with van der Waals surface area (Å²) in [4.78, 5) is 2.72. The summed E-state index contributed by atoms with van der Waals surface area (Å²) in [7, 11) is 0. The Morgan fingerprint density at radius 3 is 0.600 bits per heavy atom. The van der Waals surface area contributed by atoms with Crippen LogP contribution in [0.25, 0.3) is 0 Å². The third-order valence-electron chi connectivity index (χ3n) is 9.10. The molecule has 40 heavy (non-hydrogen) atoms. The van der Waals surface area contributed by atoms with Crippen molar-refractivity contribution in [2.45, 2.75) is 226 Å². The molecule has 0 bridgehead atoms. The fourth-order valence-electron chi connectivity index (χ4n) is 6.20. The largest absolute Gasteiger partial charge is 0.304 e. The molecule has 0 saturated carbocycles. The fourth-order valence-corrected chi connectivity index (χ4v) is 6.20. The summed E-state index contributed by atoms with van der Waals surface area (Å²) in [6.45, 7) is 10.9. The van der Waals surface area contributed by atoms with E-state index >= 15 is 0 Å². The van der Waals surface area contributed by atoms with Gasteiger partial charge >= 0.3 is 0 Å². The van der Waals surface area contributed by atoms with Crippen LogP contribution in [0.1, 0.15) is 226 Å². The standard InChI is InChI=1S/C38H79N.ClH/c1-4-7-9-11-13-15-17-19-21-23-25-27-29-31-33-35-37-39(6-3)38-36-34-32-30-28-26-24-22-20-18-16-14-12-10-8-5-2;/h4-38H2,1-3H3;1H. The van der Waals surface area contributed by atoms with Crippen molar-refractivity contribution in [3.8, 4) is 0 Å². The minimum absolute atomic E-state index is 0. The Hall–Kier alpha value is 0.250. The molecule has 0 rings (SSSR count). The van der Waals surface area contributed by atoms with E-state index in [-0.39, 0.29) is 12.4 Å². The molecule has 0 heterocycles. The van der Waals surface area contributed by atoms with Crippen molar-refractivity contribution in [2.75, 3.05) is 19.6 Å². The molecule has 0 N–H and O–H groups in total. The van der Waals surface area contributed by atoms with E-state index in [9.17, 15) is 0 Å². The highest BCUT2D eigenvalue weighted by molar-refractivity contribution is 5.85. The van der Waals surface area contributed by atoms with Crippen molar-refractivity contribution in [3.05, 3.63) is 0 Å². The van der Waals surface area contributed by atoms with Gasteiger partial charge < -0.3 is 4.90 Å². The zero-order valence-corrected chi connectivity index (χ0v) is 29.4. The molecule has 0 amide bonds. The molecule has 0 spiro atoms. The number of hydrogen-bond donors (Lipinski definition) is 0. The molecule has 0 aromatic rings. The lowest BCUT2D eigenvalue weighted by Gasteiger charge is -2.20. The summed E-state index contributed by atoms with van der Waals surface area (Å²) in [6.07, 6.45) is 46.9.